The molecular formula is C28H30N4O4. The highest BCUT2D eigenvalue weighted by molar-refractivity contribution is 5.91. The maximum atomic E-state index is 13.9. The first-order valence-corrected chi connectivity index (χ1v) is 12.3. The number of aromatic carboxylic acids is 1. The first-order valence-electron chi connectivity index (χ1n) is 12.3. The number of carboxylic acid groups (broad SMARTS) is 1. The molecule has 0 saturated heterocycles. The van der Waals surface area contributed by atoms with Crippen LogP contribution in [-0.4, -0.2) is 35.0 Å². The summed E-state index contributed by atoms with van der Waals surface area (Å²) in [5, 5.41) is 12.8. The van der Waals surface area contributed by atoms with Gasteiger partial charge in [-0.15, -0.1) is 0 Å². The van der Waals surface area contributed by atoms with E-state index in [0.717, 1.165) is 49.7 Å². The molecule has 0 unspecified atom stereocenters. The Morgan fingerprint density at radius 3 is 2.31 bits per heavy atom. The van der Waals surface area contributed by atoms with Crippen LogP contribution in [0.5, 0.6) is 0 Å². The fourth-order valence-corrected chi connectivity index (χ4v) is 4.58. The van der Waals surface area contributed by atoms with Crippen LogP contribution in [0.25, 0.3) is 10.4 Å². The molecule has 0 bridgehead atoms. The Kier molecular flexibility index (Phi) is 8.08. The molecule has 1 aliphatic rings. The van der Waals surface area contributed by atoms with Gasteiger partial charge in [0.1, 0.15) is 5.76 Å². The van der Waals surface area contributed by atoms with Crippen LogP contribution in [0.3, 0.4) is 0 Å². The van der Waals surface area contributed by atoms with Crippen LogP contribution in [-0.2, 0) is 29.6 Å². The van der Waals surface area contributed by atoms with Crippen molar-refractivity contribution in [3.63, 3.8) is 0 Å². The number of carbonyl (C=O) groups is 2. The Bertz CT molecular complexity index is 1230. The van der Waals surface area contributed by atoms with Gasteiger partial charge in [0.25, 0.3) is 0 Å². The van der Waals surface area contributed by atoms with Gasteiger partial charge in [0, 0.05) is 18.0 Å². The molecule has 1 aliphatic carbocycles. The predicted octanol–water partition coefficient (Wildman–Crippen LogP) is 5.91. The number of carboxylic acids is 1. The highest BCUT2D eigenvalue weighted by Crippen LogP contribution is 2.50. The zero-order valence-electron chi connectivity index (χ0n) is 20.2. The van der Waals surface area contributed by atoms with Crippen LogP contribution in [0, 0.1) is 0 Å². The van der Waals surface area contributed by atoms with E-state index in [2.05, 4.69) is 22.2 Å². The lowest BCUT2D eigenvalue weighted by molar-refractivity contribution is -0.135. The number of hydrogen-bond donors (Lipinski definition) is 1. The lowest BCUT2D eigenvalue weighted by Crippen LogP contribution is -2.39. The van der Waals surface area contributed by atoms with E-state index in [0.29, 0.717) is 18.8 Å². The van der Waals surface area contributed by atoms with Gasteiger partial charge in [0.15, 0.2) is 0 Å². The topological polar surface area (TPSA) is 120 Å². The number of hydrogen-bond acceptors (Lipinski definition) is 4. The van der Waals surface area contributed by atoms with Crippen LogP contribution in [0.15, 0.2) is 76.3 Å². The molecule has 2 aromatic carbocycles. The summed E-state index contributed by atoms with van der Waals surface area (Å²) in [4.78, 5) is 29.7. The lowest BCUT2D eigenvalue weighted by Gasteiger charge is -2.27. The Balaban J connectivity index is 1.47. The fourth-order valence-electron chi connectivity index (χ4n) is 4.58. The third-order valence-electron chi connectivity index (χ3n) is 6.70. The summed E-state index contributed by atoms with van der Waals surface area (Å²) >= 11 is 0. The summed E-state index contributed by atoms with van der Waals surface area (Å²) in [5.74, 6) is -0.730. The third kappa shape index (κ3) is 6.15. The molecule has 1 heterocycles. The molecule has 8 heteroatoms. The second-order valence-corrected chi connectivity index (χ2v) is 9.22. The molecule has 0 aliphatic heterocycles. The van der Waals surface area contributed by atoms with E-state index in [1.54, 1.807) is 6.07 Å². The number of nitrogens with zero attached hydrogens (tertiary/aromatic N) is 4. The smallest absolute Gasteiger partial charge is 0.371 e. The van der Waals surface area contributed by atoms with Crippen LogP contribution in [0.4, 0.5) is 0 Å². The van der Waals surface area contributed by atoms with E-state index in [-0.39, 0.29) is 18.2 Å². The van der Waals surface area contributed by atoms with Crippen LogP contribution >= 0.6 is 0 Å². The van der Waals surface area contributed by atoms with Gasteiger partial charge in [-0.05, 0) is 72.9 Å². The number of carbonyl (C=O) groups excluding carboxylic acids is 1. The van der Waals surface area contributed by atoms with Gasteiger partial charge in [-0.3, -0.25) is 4.79 Å². The molecule has 186 valence electrons. The van der Waals surface area contributed by atoms with Crippen molar-refractivity contribution in [2.45, 2.75) is 50.5 Å². The van der Waals surface area contributed by atoms with Crippen molar-refractivity contribution in [1.29, 1.82) is 0 Å². The molecule has 0 spiro atoms. The minimum atomic E-state index is -1.12. The van der Waals surface area contributed by atoms with Gasteiger partial charge in [0.2, 0.25) is 11.7 Å². The lowest BCUT2D eigenvalue weighted by atomic mass is 9.92. The predicted molar refractivity (Wildman–Crippen MR) is 136 cm³/mol. The van der Waals surface area contributed by atoms with Crippen molar-refractivity contribution in [3.8, 4) is 0 Å². The van der Waals surface area contributed by atoms with E-state index >= 15 is 0 Å². The van der Waals surface area contributed by atoms with Gasteiger partial charge in [-0.2, -0.15) is 0 Å². The summed E-state index contributed by atoms with van der Waals surface area (Å²) in [6, 6.07) is 21.4. The SMILES string of the molecule is [N-]=[N+]=NCCCc1ccc(C2(C(=O)N(CCCc3ccccc3)Cc3ccc(C(=O)O)o3)CC2)cc1. The Morgan fingerprint density at radius 2 is 1.67 bits per heavy atom. The van der Waals surface area contributed by atoms with E-state index in [9.17, 15) is 14.7 Å². The summed E-state index contributed by atoms with van der Waals surface area (Å²) in [6.07, 6.45) is 4.81. The second kappa shape index (κ2) is 11.6. The molecular weight excluding hydrogens is 456 g/mol. The third-order valence-corrected chi connectivity index (χ3v) is 6.70. The number of azide groups is 1. The number of amides is 1. The zero-order valence-corrected chi connectivity index (χ0v) is 20.2. The highest BCUT2D eigenvalue weighted by atomic mass is 16.4. The number of rotatable bonds is 13. The van der Waals surface area contributed by atoms with Crippen LogP contribution in [0.1, 0.15) is 58.7 Å². The van der Waals surface area contributed by atoms with E-state index in [4.69, 9.17) is 9.95 Å². The number of aryl methyl sites for hydroxylation is 2. The van der Waals surface area contributed by atoms with Crippen molar-refractivity contribution in [2.24, 2.45) is 5.11 Å². The standard InChI is InChI=1S/C28H30N4O4/c29-31-30-18-4-8-22-10-12-23(13-11-22)28(16-17-28)27(35)32(19-5-9-21-6-2-1-3-7-21)20-24-14-15-25(36-24)26(33)34/h1-3,6-7,10-15H,4-5,8-9,16-20H2,(H,33,34). The number of furan rings is 1. The molecule has 4 rings (SSSR count). The van der Waals surface area contributed by atoms with Crippen molar-refractivity contribution in [3.05, 3.63) is 105 Å². The van der Waals surface area contributed by atoms with E-state index in [1.165, 1.54) is 11.6 Å². The minimum Gasteiger partial charge on any atom is -0.475 e. The van der Waals surface area contributed by atoms with Gasteiger partial charge in [-0.25, -0.2) is 4.79 Å². The van der Waals surface area contributed by atoms with Crippen LogP contribution in [0.2, 0.25) is 0 Å². The molecule has 1 saturated carbocycles. The van der Waals surface area contributed by atoms with Crippen LogP contribution < -0.4 is 0 Å². The quantitative estimate of drug-likeness (QED) is 0.140. The second-order valence-electron chi connectivity index (χ2n) is 9.22. The average Bonchev–Trinajstić information content (AvgIpc) is 3.57. The Hall–Kier alpha value is -4.03. The Morgan fingerprint density at radius 1 is 0.972 bits per heavy atom. The molecule has 0 atom stereocenters. The molecule has 3 aromatic rings. The van der Waals surface area contributed by atoms with Gasteiger partial charge in [0.05, 0.1) is 12.0 Å². The van der Waals surface area contributed by atoms with Crippen molar-refractivity contribution < 1.29 is 19.1 Å². The van der Waals surface area contributed by atoms with Crippen molar-refractivity contribution in [2.75, 3.05) is 13.1 Å². The molecule has 0 radical (unpaired) electrons. The van der Waals surface area contributed by atoms with Gasteiger partial charge < -0.3 is 14.4 Å². The molecule has 8 nitrogen and oxygen atoms in total. The summed E-state index contributed by atoms with van der Waals surface area (Å²) < 4.78 is 5.48. The van der Waals surface area contributed by atoms with Crippen molar-refractivity contribution >= 4 is 11.9 Å². The Labute approximate surface area is 210 Å². The molecule has 1 fully saturated rings. The summed E-state index contributed by atoms with van der Waals surface area (Å²) in [7, 11) is 0. The number of benzene rings is 2. The highest BCUT2D eigenvalue weighted by Gasteiger charge is 2.53. The van der Waals surface area contributed by atoms with E-state index < -0.39 is 11.4 Å². The van der Waals surface area contributed by atoms with Gasteiger partial charge >= 0.3 is 5.97 Å². The molecule has 1 N–H and O–H groups in total. The molecule has 1 aromatic heterocycles. The molecule has 1 amide bonds. The maximum Gasteiger partial charge on any atom is 0.371 e. The minimum absolute atomic E-state index is 0.0555. The summed E-state index contributed by atoms with van der Waals surface area (Å²) in [6.45, 7) is 1.26. The largest absolute Gasteiger partial charge is 0.475 e. The van der Waals surface area contributed by atoms with Gasteiger partial charge in [-0.1, -0.05) is 59.7 Å². The molecule has 36 heavy (non-hydrogen) atoms. The summed E-state index contributed by atoms with van der Waals surface area (Å²) in [5.41, 5.74) is 11.2. The average molecular weight is 487 g/mol. The van der Waals surface area contributed by atoms with E-state index in [1.807, 2.05) is 47.4 Å². The zero-order chi connectivity index (χ0) is 25.4. The first kappa shape index (κ1) is 25.1. The normalized spacial score (nSPS) is 13.6. The first-order chi connectivity index (χ1) is 17.5. The van der Waals surface area contributed by atoms with Crippen molar-refractivity contribution in [1.82, 2.24) is 4.90 Å². The fraction of sp³-hybridized carbons (Fsp3) is 0.357. The monoisotopic (exact) mass is 486 g/mol. The maximum absolute atomic E-state index is 13.9.